The minimum atomic E-state index is 0.303. The van der Waals surface area contributed by atoms with Crippen molar-refractivity contribution in [2.24, 2.45) is 17.8 Å². The average Bonchev–Trinajstić information content (AvgIpc) is 2.94. The maximum atomic E-state index is 8.92. The Bertz CT molecular complexity index is 284. The minimum Gasteiger partial charge on any atom is -0.395 e. The number of hydrogen-bond acceptors (Lipinski definition) is 3. The Kier molecular flexibility index (Phi) is 3.50. The van der Waals surface area contributed by atoms with Gasteiger partial charge < -0.3 is 10.0 Å². The second kappa shape index (κ2) is 5.09. The molecule has 17 heavy (non-hydrogen) atoms. The van der Waals surface area contributed by atoms with Gasteiger partial charge in [-0.1, -0.05) is 12.2 Å². The molecule has 0 spiro atoms. The molecule has 1 saturated carbocycles. The summed E-state index contributed by atoms with van der Waals surface area (Å²) < 4.78 is 0. The summed E-state index contributed by atoms with van der Waals surface area (Å²) in [4.78, 5) is 5.00. The first-order valence-corrected chi connectivity index (χ1v) is 7.09. The summed E-state index contributed by atoms with van der Waals surface area (Å²) in [5.74, 6) is 2.71. The summed E-state index contributed by atoms with van der Waals surface area (Å²) in [6, 6.07) is 0. The molecule has 2 bridgehead atoms. The highest BCUT2D eigenvalue weighted by atomic mass is 16.3. The number of fused-ring (bicyclic) bond motifs is 2. The highest BCUT2D eigenvalue weighted by Crippen LogP contribution is 2.43. The predicted octanol–water partition coefficient (Wildman–Crippen LogP) is 0.808. The molecule has 3 aliphatic rings. The van der Waals surface area contributed by atoms with E-state index in [2.05, 4.69) is 22.0 Å². The minimum absolute atomic E-state index is 0.303. The first-order valence-electron chi connectivity index (χ1n) is 7.09. The van der Waals surface area contributed by atoms with E-state index in [1.165, 1.54) is 32.5 Å². The van der Waals surface area contributed by atoms with E-state index in [1.54, 1.807) is 0 Å². The van der Waals surface area contributed by atoms with E-state index in [0.29, 0.717) is 6.61 Å². The third kappa shape index (κ3) is 2.56. The number of aliphatic hydroxyl groups is 1. The van der Waals surface area contributed by atoms with Gasteiger partial charge in [0.25, 0.3) is 0 Å². The van der Waals surface area contributed by atoms with Gasteiger partial charge in [-0.05, 0) is 30.6 Å². The summed E-state index contributed by atoms with van der Waals surface area (Å²) in [5.41, 5.74) is 0. The molecular weight excluding hydrogens is 212 g/mol. The summed E-state index contributed by atoms with van der Waals surface area (Å²) in [6.45, 7) is 7.12. The van der Waals surface area contributed by atoms with Crippen molar-refractivity contribution >= 4 is 0 Å². The lowest BCUT2D eigenvalue weighted by Gasteiger charge is -2.36. The number of allylic oxidation sites excluding steroid dienone is 2. The molecule has 0 unspecified atom stereocenters. The lowest BCUT2D eigenvalue weighted by atomic mass is 9.93. The first kappa shape index (κ1) is 11.7. The van der Waals surface area contributed by atoms with Gasteiger partial charge in [0.05, 0.1) is 6.61 Å². The van der Waals surface area contributed by atoms with Gasteiger partial charge in [-0.25, -0.2) is 0 Å². The fraction of sp³-hybridized carbons (Fsp3) is 0.857. The fourth-order valence-corrected chi connectivity index (χ4v) is 3.77. The maximum absolute atomic E-state index is 8.92. The van der Waals surface area contributed by atoms with E-state index >= 15 is 0 Å². The predicted molar refractivity (Wildman–Crippen MR) is 68.8 cm³/mol. The molecule has 3 heteroatoms. The van der Waals surface area contributed by atoms with Crippen LogP contribution >= 0.6 is 0 Å². The van der Waals surface area contributed by atoms with Crippen LogP contribution in [0.4, 0.5) is 0 Å². The summed E-state index contributed by atoms with van der Waals surface area (Å²) in [5, 5.41) is 8.92. The molecule has 1 N–H and O–H groups in total. The van der Waals surface area contributed by atoms with Crippen molar-refractivity contribution in [2.45, 2.75) is 12.8 Å². The van der Waals surface area contributed by atoms with Crippen LogP contribution in [0.3, 0.4) is 0 Å². The molecule has 0 amide bonds. The first-order chi connectivity index (χ1) is 8.35. The van der Waals surface area contributed by atoms with Gasteiger partial charge in [-0.2, -0.15) is 0 Å². The Balaban J connectivity index is 1.44. The molecule has 1 heterocycles. The Morgan fingerprint density at radius 3 is 2.35 bits per heavy atom. The molecule has 0 aromatic heterocycles. The number of hydrogen-bond donors (Lipinski definition) is 1. The highest BCUT2D eigenvalue weighted by Gasteiger charge is 2.36. The number of β-amino-alcohol motifs (C(OH)–C–C–N with tert-alkyl or cyclic N) is 1. The van der Waals surface area contributed by atoms with Gasteiger partial charge in [0.15, 0.2) is 0 Å². The zero-order valence-electron chi connectivity index (χ0n) is 10.6. The monoisotopic (exact) mass is 236 g/mol. The van der Waals surface area contributed by atoms with Crippen LogP contribution in [0.5, 0.6) is 0 Å². The molecule has 2 fully saturated rings. The van der Waals surface area contributed by atoms with Crippen molar-refractivity contribution in [3.8, 4) is 0 Å². The summed E-state index contributed by atoms with van der Waals surface area (Å²) in [7, 11) is 0. The fourth-order valence-electron chi connectivity index (χ4n) is 3.77. The van der Waals surface area contributed by atoms with Crippen LogP contribution in [0, 0.1) is 17.8 Å². The summed E-state index contributed by atoms with van der Waals surface area (Å²) in [6.07, 6.45) is 7.74. The van der Waals surface area contributed by atoms with Gasteiger partial charge in [0.1, 0.15) is 0 Å². The van der Waals surface area contributed by atoms with E-state index in [9.17, 15) is 0 Å². The molecule has 1 saturated heterocycles. The van der Waals surface area contributed by atoms with E-state index in [-0.39, 0.29) is 0 Å². The van der Waals surface area contributed by atoms with Gasteiger partial charge in [-0.15, -0.1) is 0 Å². The van der Waals surface area contributed by atoms with Crippen molar-refractivity contribution in [2.75, 3.05) is 45.9 Å². The molecule has 0 aromatic rings. The van der Waals surface area contributed by atoms with Crippen molar-refractivity contribution < 1.29 is 5.11 Å². The van der Waals surface area contributed by atoms with Crippen LogP contribution in [0.1, 0.15) is 12.8 Å². The molecule has 3 atom stereocenters. The van der Waals surface area contributed by atoms with Gasteiger partial charge in [0.2, 0.25) is 0 Å². The van der Waals surface area contributed by atoms with Crippen LogP contribution < -0.4 is 0 Å². The second-order valence-corrected chi connectivity index (χ2v) is 5.91. The lowest BCUT2D eigenvalue weighted by molar-refractivity contribution is 0.0980. The van der Waals surface area contributed by atoms with Crippen LogP contribution in [0.15, 0.2) is 12.2 Å². The maximum Gasteiger partial charge on any atom is 0.0558 e. The van der Waals surface area contributed by atoms with Gasteiger partial charge >= 0.3 is 0 Å². The second-order valence-electron chi connectivity index (χ2n) is 5.91. The topological polar surface area (TPSA) is 26.7 Å². The van der Waals surface area contributed by atoms with E-state index in [0.717, 1.165) is 37.4 Å². The number of piperazine rings is 1. The molecule has 0 radical (unpaired) electrons. The van der Waals surface area contributed by atoms with E-state index in [4.69, 9.17) is 5.11 Å². The number of aliphatic hydroxyl groups excluding tert-OH is 1. The average molecular weight is 236 g/mol. The van der Waals surface area contributed by atoms with Crippen LogP contribution in [-0.4, -0.2) is 60.8 Å². The Hall–Kier alpha value is -0.380. The highest BCUT2D eigenvalue weighted by molar-refractivity contribution is 5.10. The molecule has 3 rings (SSSR count). The molecule has 96 valence electrons. The normalized spacial score (nSPS) is 38.1. The van der Waals surface area contributed by atoms with E-state index < -0.39 is 0 Å². The van der Waals surface area contributed by atoms with Gasteiger partial charge in [0, 0.05) is 39.3 Å². The third-order valence-corrected chi connectivity index (χ3v) is 4.79. The molecule has 2 aliphatic carbocycles. The number of rotatable bonds is 4. The Morgan fingerprint density at radius 2 is 1.76 bits per heavy atom. The van der Waals surface area contributed by atoms with E-state index in [1.807, 2.05) is 0 Å². The van der Waals surface area contributed by atoms with Crippen molar-refractivity contribution in [3.05, 3.63) is 12.2 Å². The molecule has 1 aliphatic heterocycles. The Morgan fingerprint density at radius 1 is 1.00 bits per heavy atom. The van der Waals surface area contributed by atoms with Crippen molar-refractivity contribution in [1.29, 1.82) is 0 Å². The Labute approximate surface area is 104 Å². The molecule has 3 nitrogen and oxygen atoms in total. The van der Waals surface area contributed by atoms with Crippen LogP contribution in [0.2, 0.25) is 0 Å². The molecular formula is C14H24N2O. The smallest absolute Gasteiger partial charge is 0.0558 e. The van der Waals surface area contributed by atoms with Crippen molar-refractivity contribution in [3.63, 3.8) is 0 Å². The lowest BCUT2D eigenvalue weighted by Crippen LogP contribution is -2.48. The molecule has 0 aromatic carbocycles. The van der Waals surface area contributed by atoms with Crippen LogP contribution in [-0.2, 0) is 0 Å². The largest absolute Gasteiger partial charge is 0.395 e. The number of nitrogens with zero attached hydrogens (tertiary/aromatic N) is 2. The SMILES string of the molecule is OCCN1CCN(C[C@@H]2C[C@H]3C=C[C@H]2C3)CC1. The zero-order chi connectivity index (χ0) is 11.7. The quantitative estimate of drug-likeness (QED) is 0.732. The zero-order valence-corrected chi connectivity index (χ0v) is 10.6. The van der Waals surface area contributed by atoms with Crippen molar-refractivity contribution in [1.82, 2.24) is 9.80 Å². The van der Waals surface area contributed by atoms with Crippen LogP contribution in [0.25, 0.3) is 0 Å². The third-order valence-electron chi connectivity index (χ3n) is 4.79. The summed E-state index contributed by atoms with van der Waals surface area (Å²) >= 11 is 0. The standard InChI is InChI=1S/C14H24N2O/c17-8-7-15-3-5-16(6-4-15)11-14-10-12-1-2-13(14)9-12/h1-2,12-14,17H,3-11H2/t12-,13-,14-/m0/s1. The van der Waals surface area contributed by atoms with Gasteiger partial charge in [-0.3, -0.25) is 4.90 Å².